The SMILES string of the molecule is C=C(C)[C@H]1CC=C(CC=O)CC1. The first kappa shape index (κ1) is 9.24. The third-order valence-electron chi connectivity index (χ3n) is 2.55. The van der Waals surface area contributed by atoms with Crippen molar-refractivity contribution < 1.29 is 4.79 Å². The molecule has 0 aromatic carbocycles. The highest BCUT2D eigenvalue weighted by Gasteiger charge is 2.13. The maximum atomic E-state index is 10.2. The predicted molar refractivity (Wildman–Crippen MR) is 50.9 cm³/mol. The van der Waals surface area contributed by atoms with Gasteiger partial charge in [-0.05, 0) is 32.1 Å². The average molecular weight is 164 g/mol. The fourth-order valence-corrected chi connectivity index (χ4v) is 1.63. The van der Waals surface area contributed by atoms with Gasteiger partial charge < -0.3 is 4.79 Å². The molecule has 0 radical (unpaired) electrons. The van der Waals surface area contributed by atoms with Crippen molar-refractivity contribution in [2.75, 3.05) is 0 Å². The van der Waals surface area contributed by atoms with Crippen LogP contribution in [0, 0.1) is 5.92 Å². The Labute approximate surface area is 74.2 Å². The number of hydrogen-bond donors (Lipinski definition) is 0. The van der Waals surface area contributed by atoms with E-state index in [1.807, 2.05) is 0 Å². The molecule has 1 aliphatic rings. The zero-order valence-electron chi connectivity index (χ0n) is 7.68. The van der Waals surface area contributed by atoms with Crippen molar-refractivity contribution in [2.45, 2.75) is 32.6 Å². The Bertz CT molecular complexity index is 213. The highest BCUT2D eigenvalue weighted by atomic mass is 16.1. The van der Waals surface area contributed by atoms with Crippen molar-refractivity contribution in [3.05, 3.63) is 23.8 Å². The second-order valence-electron chi connectivity index (χ2n) is 3.55. The van der Waals surface area contributed by atoms with E-state index >= 15 is 0 Å². The average Bonchev–Trinajstić information content (AvgIpc) is 2.06. The first-order valence-electron chi connectivity index (χ1n) is 4.51. The van der Waals surface area contributed by atoms with Crippen LogP contribution in [0.2, 0.25) is 0 Å². The third kappa shape index (κ3) is 2.33. The molecule has 1 rings (SSSR count). The molecule has 1 heteroatoms. The Balaban J connectivity index is 2.47. The summed E-state index contributed by atoms with van der Waals surface area (Å²) < 4.78 is 0. The normalized spacial score (nSPS) is 23.1. The van der Waals surface area contributed by atoms with Crippen LogP contribution in [0.5, 0.6) is 0 Å². The molecule has 0 bridgehead atoms. The second-order valence-corrected chi connectivity index (χ2v) is 3.55. The second kappa shape index (κ2) is 4.24. The molecular weight excluding hydrogens is 148 g/mol. The number of aldehydes is 1. The molecule has 0 spiro atoms. The molecule has 12 heavy (non-hydrogen) atoms. The van der Waals surface area contributed by atoms with Crippen molar-refractivity contribution in [1.29, 1.82) is 0 Å². The van der Waals surface area contributed by atoms with Gasteiger partial charge in [0, 0.05) is 6.42 Å². The summed E-state index contributed by atoms with van der Waals surface area (Å²) in [7, 11) is 0. The zero-order chi connectivity index (χ0) is 8.97. The Morgan fingerprint density at radius 2 is 2.58 bits per heavy atom. The smallest absolute Gasteiger partial charge is 0.124 e. The topological polar surface area (TPSA) is 17.1 Å². The van der Waals surface area contributed by atoms with Crippen LogP contribution in [0.1, 0.15) is 32.6 Å². The molecule has 0 amide bonds. The van der Waals surface area contributed by atoms with Gasteiger partial charge >= 0.3 is 0 Å². The first-order chi connectivity index (χ1) is 5.74. The van der Waals surface area contributed by atoms with Crippen LogP contribution in [0.25, 0.3) is 0 Å². The molecule has 0 aromatic rings. The Hall–Kier alpha value is -0.850. The highest BCUT2D eigenvalue weighted by molar-refractivity contribution is 5.54. The summed E-state index contributed by atoms with van der Waals surface area (Å²) in [5.41, 5.74) is 2.58. The molecule has 0 heterocycles. The minimum atomic E-state index is 0.628. The van der Waals surface area contributed by atoms with E-state index in [1.54, 1.807) is 0 Å². The fourth-order valence-electron chi connectivity index (χ4n) is 1.63. The molecule has 1 nitrogen and oxygen atoms in total. The van der Waals surface area contributed by atoms with Crippen LogP contribution in [-0.4, -0.2) is 6.29 Å². The van der Waals surface area contributed by atoms with Crippen LogP contribution in [0.3, 0.4) is 0 Å². The third-order valence-corrected chi connectivity index (χ3v) is 2.55. The summed E-state index contributed by atoms with van der Waals surface area (Å²) in [5, 5.41) is 0. The van der Waals surface area contributed by atoms with Gasteiger partial charge in [-0.1, -0.05) is 23.8 Å². The summed E-state index contributed by atoms with van der Waals surface area (Å²) in [6.07, 6.45) is 7.16. The molecule has 1 aliphatic carbocycles. The number of carbonyl (C=O) groups excluding carboxylic acids is 1. The lowest BCUT2D eigenvalue weighted by atomic mass is 9.85. The molecular formula is C11H16O. The quantitative estimate of drug-likeness (QED) is 0.463. The van der Waals surface area contributed by atoms with Crippen LogP contribution in [-0.2, 0) is 4.79 Å². The molecule has 0 unspecified atom stereocenters. The van der Waals surface area contributed by atoms with Crippen LogP contribution < -0.4 is 0 Å². The number of allylic oxidation sites excluding steroid dienone is 3. The van der Waals surface area contributed by atoms with Crippen LogP contribution in [0.15, 0.2) is 23.8 Å². The van der Waals surface area contributed by atoms with Gasteiger partial charge in [-0.3, -0.25) is 0 Å². The van der Waals surface area contributed by atoms with E-state index in [0.717, 1.165) is 19.1 Å². The van der Waals surface area contributed by atoms with Gasteiger partial charge in [0.05, 0.1) is 0 Å². The van der Waals surface area contributed by atoms with Gasteiger partial charge in [0.15, 0.2) is 0 Å². The molecule has 66 valence electrons. The lowest BCUT2D eigenvalue weighted by Gasteiger charge is -2.21. The number of carbonyl (C=O) groups is 1. The molecule has 0 saturated heterocycles. The monoisotopic (exact) mass is 164 g/mol. The zero-order valence-corrected chi connectivity index (χ0v) is 7.68. The Morgan fingerprint density at radius 1 is 1.83 bits per heavy atom. The van der Waals surface area contributed by atoms with Crippen molar-refractivity contribution in [3.63, 3.8) is 0 Å². The van der Waals surface area contributed by atoms with Gasteiger partial charge in [0.25, 0.3) is 0 Å². The van der Waals surface area contributed by atoms with Crippen LogP contribution >= 0.6 is 0 Å². The van der Waals surface area contributed by atoms with Gasteiger partial charge in [-0.2, -0.15) is 0 Å². The van der Waals surface area contributed by atoms with Gasteiger partial charge in [-0.25, -0.2) is 0 Å². The molecule has 0 fully saturated rings. The summed E-state index contributed by atoms with van der Waals surface area (Å²) in [4.78, 5) is 10.2. The summed E-state index contributed by atoms with van der Waals surface area (Å²) in [6, 6.07) is 0. The minimum Gasteiger partial charge on any atom is -0.303 e. The number of hydrogen-bond acceptors (Lipinski definition) is 1. The molecule has 0 saturated carbocycles. The molecule has 0 aromatic heterocycles. The van der Waals surface area contributed by atoms with Gasteiger partial charge in [0.1, 0.15) is 6.29 Å². The summed E-state index contributed by atoms with van der Waals surface area (Å²) >= 11 is 0. The van der Waals surface area contributed by atoms with Crippen molar-refractivity contribution >= 4 is 6.29 Å². The lowest BCUT2D eigenvalue weighted by molar-refractivity contribution is -0.107. The van der Waals surface area contributed by atoms with Gasteiger partial charge in [0.2, 0.25) is 0 Å². The first-order valence-corrected chi connectivity index (χ1v) is 4.51. The van der Waals surface area contributed by atoms with E-state index in [0.29, 0.717) is 12.3 Å². The van der Waals surface area contributed by atoms with E-state index in [1.165, 1.54) is 17.6 Å². The van der Waals surface area contributed by atoms with Crippen molar-refractivity contribution in [3.8, 4) is 0 Å². The highest BCUT2D eigenvalue weighted by Crippen LogP contribution is 2.28. The van der Waals surface area contributed by atoms with E-state index in [-0.39, 0.29) is 0 Å². The van der Waals surface area contributed by atoms with Crippen LogP contribution in [0.4, 0.5) is 0 Å². The molecule has 0 N–H and O–H groups in total. The lowest BCUT2D eigenvalue weighted by Crippen LogP contribution is -2.06. The van der Waals surface area contributed by atoms with E-state index in [9.17, 15) is 4.79 Å². The van der Waals surface area contributed by atoms with Gasteiger partial charge in [-0.15, -0.1) is 0 Å². The van der Waals surface area contributed by atoms with E-state index in [4.69, 9.17) is 0 Å². The Morgan fingerprint density at radius 3 is 3.00 bits per heavy atom. The summed E-state index contributed by atoms with van der Waals surface area (Å²) in [6.45, 7) is 6.04. The fraction of sp³-hybridized carbons (Fsp3) is 0.545. The van der Waals surface area contributed by atoms with Crippen molar-refractivity contribution in [1.82, 2.24) is 0 Å². The number of rotatable bonds is 3. The standard InChI is InChI=1S/C11H16O/c1-9(2)11-5-3-10(4-6-11)7-8-12/h3,8,11H,1,4-7H2,2H3/t11-/m0/s1. The Kier molecular flexibility index (Phi) is 3.27. The predicted octanol–water partition coefficient (Wildman–Crippen LogP) is 2.88. The molecule has 1 atom stereocenters. The van der Waals surface area contributed by atoms with Crippen molar-refractivity contribution in [2.24, 2.45) is 5.92 Å². The maximum Gasteiger partial charge on any atom is 0.124 e. The summed E-state index contributed by atoms with van der Waals surface area (Å²) in [5.74, 6) is 0.653. The minimum absolute atomic E-state index is 0.628. The largest absolute Gasteiger partial charge is 0.303 e. The van der Waals surface area contributed by atoms with E-state index in [2.05, 4.69) is 19.6 Å². The van der Waals surface area contributed by atoms with E-state index < -0.39 is 0 Å². The maximum absolute atomic E-state index is 10.2. The molecule has 0 aliphatic heterocycles.